The van der Waals surface area contributed by atoms with Crippen molar-refractivity contribution in [2.75, 3.05) is 26.8 Å². The first kappa shape index (κ1) is 30.7. The Labute approximate surface area is 241 Å². The fourth-order valence-corrected chi connectivity index (χ4v) is 7.30. The topological polar surface area (TPSA) is 167 Å². The van der Waals surface area contributed by atoms with E-state index in [4.69, 9.17) is 20.9 Å². The molecule has 0 aromatic carbocycles. The third kappa shape index (κ3) is 6.81. The summed E-state index contributed by atoms with van der Waals surface area (Å²) in [5, 5.41) is 11.7. The average molecular weight is 572 g/mol. The molecule has 5 N–H and O–H groups in total. The fraction of sp³-hybridized carbons (Fsp3) is 0.690. The van der Waals surface area contributed by atoms with Crippen molar-refractivity contribution in [2.24, 2.45) is 34.6 Å². The highest BCUT2D eigenvalue weighted by atomic mass is 16.6. The third-order valence-corrected chi connectivity index (χ3v) is 8.64. The van der Waals surface area contributed by atoms with E-state index in [1.54, 1.807) is 36.4 Å². The monoisotopic (exact) mass is 571 g/mol. The van der Waals surface area contributed by atoms with E-state index in [-0.39, 0.29) is 38.5 Å². The number of pyridine rings is 1. The molecule has 2 aromatic heterocycles. The Balaban J connectivity index is 0.00000387. The lowest BCUT2D eigenvalue weighted by Gasteiger charge is -2.56. The number of amides is 3. The summed E-state index contributed by atoms with van der Waals surface area (Å²) in [6.45, 7) is 3.78. The summed E-state index contributed by atoms with van der Waals surface area (Å²) in [6.07, 6.45) is 7.06. The predicted octanol–water partition coefficient (Wildman–Crippen LogP) is 2.55. The van der Waals surface area contributed by atoms with Gasteiger partial charge < -0.3 is 31.2 Å². The molecule has 4 saturated carbocycles. The van der Waals surface area contributed by atoms with E-state index < -0.39 is 23.6 Å². The number of primary amides is 1. The van der Waals surface area contributed by atoms with E-state index in [1.165, 1.54) is 45.6 Å². The van der Waals surface area contributed by atoms with Gasteiger partial charge in [-0.2, -0.15) is 0 Å². The van der Waals surface area contributed by atoms with Crippen LogP contribution in [0.2, 0.25) is 0 Å². The second-order valence-electron chi connectivity index (χ2n) is 12.8. The van der Waals surface area contributed by atoms with Crippen LogP contribution in [-0.4, -0.2) is 69.8 Å². The van der Waals surface area contributed by atoms with E-state index in [2.05, 4.69) is 15.5 Å². The molecular formula is C29H45N7O5. The Morgan fingerprint density at radius 2 is 1.78 bits per heavy atom. The molecule has 226 valence electrons. The Morgan fingerprint density at radius 3 is 2.37 bits per heavy atom. The van der Waals surface area contributed by atoms with E-state index in [9.17, 15) is 14.4 Å². The molecule has 2 aromatic rings. The maximum atomic E-state index is 13.0. The molecule has 4 bridgehead atoms. The molecule has 4 aliphatic carbocycles. The number of ether oxygens (including phenoxy) is 2. The fourth-order valence-electron chi connectivity index (χ4n) is 7.30. The van der Waals surface area contributed by atoms with Gasteiger partial charge in [0.05, 0.1) is 24.4 Å². The van der Waals surface area contributed by atoms with Gasteiger partial charge in [0, 0.05) is 7.05 Å². The lowest BCUT2D eigenvalue weighted by molar-refractivity contribution is -0.127. The van der Waals surface area contributed by atoms with Crippen molar-refractivity contribution in [3.63, 3.8) is 0 Å². The highest BCUT2D eigenvalue weighted by Gasteiger charge is 2.51. The van der Waals surface area contributed by atoms with Crippen LogP contribution in [0.3, 0.4) is 0 Å². The molecule has 2 heterocycles. The Bertz CT molecular complexity index is 1230. The largest absolute Gasteiger partial charge is 0.443 e. The zero-order valence-electron chi connectivity index (χ0n) is 23.6. The molecule has 0 saturated heterocycles. The lowest BCUT2D eigenvalue weighted by atomic mass is 9.50. The highest BCUT2D eigenvalue weighted by molar-refractivity contribution is 5.85. The molecule has 0 unspecified atom stereocenters. The van der Waals surface area contributed by atoms with Crippen LogP contribution in [0.5, 0.6) is 0 Å². The SMILES string of the molecule is C.CN(CC(N)=O)C(=O)OCc1cccc2nnc([C@H](COCC34CC5CC(CC(C5)C3)C4)NC(=O)C(C)(C)N)n12. The van der Waals surface area contributed by atoms with Crippen LogP contribution in [0.4, 0.5) is 4.79 Å². The van der Waals surface area contributed by atoms with Gasteiger partial charge in [-0.05, 0) is 87.7 Å². The van der Waals surface area contributed by atoms with E-state index >= 15 is 0 Å². The van der Waals surface area contributed by atoms with Gasteiger partial charge in [-0.3, -0.25) is 14.0 Å². The van der Waals surface area contributed by atoms with Gasteiger partial charge in [0.2, 0.25) is 11.8 Å². The quantitative estimate of drug-likeness (QED) is 0.370. The summed E-state index contributed by atoms with van der Waals surface area (Å²) >= 11 is 0. The zero-order chi connectivity index (χ0) is 28.7. The first-order valence-electron chi connectivity index (χ1n) is 14.1. The van der Waals surface area contributed by atoms with Gasteiger partial charge in [0.15, 0.2) is 11.5 Å². The summed E-state index contributed by atoms with van der Waals surface area (Å²) in [4.78, 5) is 37.6. The Kier molecular flexibility index (Phi) is 8.93. The molecule has 41 heavy (non-hydrogen) atoms. The molecule has 0 aliphatic heterocycles. The van der Waals surface area contributed by atoms with Crippen molar-refractivity contribution >= 4 is 23.6 Å². The van der Waals surface area contributed by atoms with Crippen molar-refractivity contribution in [3.8, 4) is 0 Å². The third-order valence-electron chi connectivity index (χ3n) is 8.64. The minimum Gasteiger partial charge on any atom is -0.443 e. The molecule has 12 nitrogen and oxygen atoms in total. The van der Waals surface area contributed by atoms with Gasteiger partial charge in [0.1, 0.15) is 19.2 Å². The number of fused-ring (bicyclic) bond motifs is 1. The van der Waals surface area contributed by atoms with Gasteiger partial charge in [-0.15, -0.1) is 10.2 Å². The number of rotatable bonds is 11. The van der Waals surface area contributed by atoms with Crippen molar-refractivity contribution in [1.82, 2.24) is 24.8 Å². The maximum absolute atomic E-state index is 13.0. The van der Waals surface area contributed by atoms with E-state index in [0.29, 0.717) is 23.8 Å². The molecule has 6 rings (SSSR count). The van der Waals surface area contributed by atoms with Gasteiger partial charge in [0.25, 0.3) is 0 Å². The van der Waals surface area contributed by atoms with E-state index in [1.807, 2.05) is 0 Å². The second kappa shape index (κ2) is 11.9. The van der Waals surface area contributed by atoms with Crippen LogP contribution in [0.25, 0.3) is 5.65 Å². The van der Waals surface area contributed by atoms with Crippen LogP contribution in [-0.2, 0) is 25.7 Å². The van der Waals surface area contributed by atoms with Gasteiger partial charge >= 0.3 is 6.09 Å². The van der Waals surface area contributed by atoms with Gasteiger partial charge in [-0.1, -0.05) is 13.5 Å². The average Bonchev–Trinajstić information content (AvgIpc) is 3.29. The van der Waals surface area contributed by atoms with Crippen molar-refractivity contribution in [1.29, 1.82) is 0 Å². The smallest absolute Gasteiger partial charge is 0.410 e. The second-order valence-corrected chi connectivity index (χ2v) is 12.8. The van der Waals surface area contributed by atoms with Crippen molar-refractivity contribution in [2.45, 2.75) is 78.0 Å². The number of carbonyl (C=O) groups is 3. The first-order chi connectivity index (χ1) is 18.9. The molecular weight excluding hydrogens is 526 g/mol. The minimum absolute atomic E-state index is 0. The lowest BCUT2D eigenvalue weighted by Crippen LogP contribution is -2.51. The number of aromatic nitrogens is 3. The number of hydrogen-bond acceptors (Lipinski definition) is 8. The summed E-state index contributed by atoms with van der Waals surface area (Å²) in [5.74, 6) is 1.92. The molecule has 3 amide bonds. The standard InChI is InChI=1S/C28H41N7O5.CH4/c1-27(2,30)25(37)31-21(15-39-16-28-10-17-7-18(11-28)9-19(8-17)12-28)24-33-32-23-6-4-5-20(35(23)24)14-40-26(38)34(3)13-22(29)36;/h4-6,17-19,21H,7-16,30H2,1-3H3,(H2,29,36)(H,31,37);1H4/t17?,18?,19?,21-,28?;/m0./s1. The summed E-state index contributed by atoms with van der Waals surface area (Å²) in [6, 6.07) is 4.71. The number of nitrogens with zero attached hydrogens (tertiary/aromatic N) is 4. The normalized spacial score (nSPS) is 25.4. The maximum Gasteiger partial charge on any atom is 0.410 e. The number of nitrogens with one attached hydrogen (secondary N) is 1. The van der Waals surface area contributed by atoms with E-state index in [0.717, 1.165) is 22.7 Å². The summed E-state index contributed by atoms with van der Waals surface area (Å²) in [7, 11) is 1.43. The van der Waals surface area contributed by atoms with Gasteiger partial charge in [-0.25, -0.2) is 4.79 Å². The molecule has 12 heteroatoms. The van der Waals surface area contributed by atoms with Crippen LogP contribution >= 0.6 is 0 Å². The Morgan fingerprint density at radius 1 is 1.15 bits per heavy atom. The highest BCUT2D eigenvalue weighted by Crippen LogP contribution is 2.60. The molecule has 0 radical (unpaired) electrons. The van der Waals surface area contributed by atoms with Crippen molar-refractivity contribution < 1.29 is 23.9 Å². The number of likely N-dealkylation sites (N-methyl/N-ethyl adjacent to an activating group) is 1. The number of carbonyl (C=O) groups excluding carboxylic acids is 3. The van der Waals surface area contributed by atoms with Crippen LogP contribution in [0.15, 0.2) is 18.2 Å². The first-order valence-corrected chi connectivity index (χ1v) is 14.1. The zero-order valence-corrected chi connectivity index (χ0v) is 23.6. The van der Waals surface area contributed by atoms with Crippen LogP contribution in [0, 0.1) is 23.2 Å². The van der Waals surface area contributed by atoms with Crippen molar-refractivity contribution in [3.05, 3.63) is 29.7 Å². The molecule has 1 atom stereocenters. The Hall–Kier alpha value is -3.25. The molecule has 4 aliphatic rings. The molecule has 4 fully saturated rings. The minimum atomic E-state index is -1.11. The van der Waals surface area contributed by atoms with Crippen LogP contribution < -0.4 is 16.8 Å². The summed E-state index contributed by atoms with van der Waals surface area (Å²) < 4.78 is 13.6. The molecule has 0 spiro atoms. The summed E-state index contributed by atoms with van der Waals surface area (Å²) in [5.41, 5.74) is 11.5. The van der Waals surface area contributed by atoms with Crippen LogP contribution in [0.1, 0.15) is 77.4 Å². The number of nitrogens with two attached hydrogens (primary N) is 2. The number of hydrogen-bond donors (Lipinski definition) is 3. The predicted molar refractivity (Wildman–Crippen MR) is 152 cm³/mol.